The second-order valence-corrected chi connectivity index (χ2v) is 4.04. The molecule has 0 N–H and O–H groups in total. The predicted molar refractivity (Wildman–Crippen MR) is 61.8 cm³/mol. The van der Waals surface area contributed by atoms with E-state index in [-0.39, 0.29) is 19.5 Å². The third-order valence-electron chi connectivity index (χ3n) is 2.60. The maximum Gasteiger partial charge on any atom is 1.00 e. The normalized spacial score (nSPS) is 9.86. The molecule has 0 aromatic carbocycles. The summed E-state index contributed by atoms with van der Waals surface area (Å²) in [5.41, 5.74) is 0. The van der Waals surface area contributed by atoms with E-state index in [0.717, 1.165) is 6.42 Å². The van der Waals surface area contributed by atoms with E-state index in [1.165, 1.54) is 64.2 Å². The Balaban J connectivity index is 0. The summed E-state index contributed by atoms with van der Waals surface area (Å²) in [5, 5.41) is 0. The van der Waals surface area contributed by atoms with Gasteiger partial charge in [0, 0.05) is 0 Å². The predicted octanol–water partition coefficient (Wildman–Crippen LogP) is 5.13. The van der Waals surface area contributed by atoms with Gasteiger partial charge in [-0.3, -0.25) is 0 Å². The van der Waals surface area contributed by atoms with Crippen LogP contribution < -0.4 is 0 Å². The van der Waals surface area contributed by atoms with Gasteiger partial charge in [-0.15, -0.1) is 0 Å². The first kappa shape index (κ1) is 17.0. The molecule has 0 spiro atoms. The Labute approximate surface area is 104 Å². The van der Waals surface area contributed by atoms with Gasteiger partial charge in [-0.25, -0.2) is 0 Å². The summed E-state index contributed by atoms with van der Waals surface area (Å²) in [6.45, 7) is 6.13. The molecule has 0 saturated heterocycles. The van der Waals surface area contributed by atoms with Gasteiger partial charge in [0.2, 0.25) is 0 Å². The van der Waals surface area contributed by atoms with Crippen LogP contribution in [0.3, 0.4) is 0 Å². The van der Waals surface area contributed by atoms with E-state index >= 15 is 0 Å². The summed E-state index contributed by atoms with van der Waals surface area (Å²) >= 11 is 0. The Hall–Kier alpha value is 0.623. The molecular weight excluding hydrogens is 257 g/mol. The molecular formula is C13H27Ru. The SMILES string of the molecule is [CH2-]CCCCCCCCCCCC.[Ru+]. The van der Waals surface area contributed by atoms with Crippen molar-refractivity contribution in [2.24, 2.45) is 0 Å². The summed E-state index contributed by atoms with van der Waals surface area (Å²) in [6.07, 6.45) is 15.4. The fourth-order valence-corrected chi connectivity index (χ4v) is 1.66. The molecule has 0 saturated carbocycles. The molecule has 0 bridgehead atoms. The molecule has 0 nitrogen and oxygen atoms in total. The number of unbranched alkanes of at least 4 members (excludes halogenated alkanes) is 10. The molecule has 0 amide bonds. The van der Waals surface area contributed by atoms with E-state index in [9.17, 15) is 0 Å². The minimum atomic E-state index is 0. The molecule has 0 atom stereocenters. The molecule has 0 heterocycles. The van der Waals surface area contributed by atoms with Gasteiger partial charge < -0.3 is 6.92 Å². The van der Waals surface area contributed by atoms with Crippen molar-refractivity contribution < 1.29 is 19.5 Å². The summed E-state index contributed by atoms with van der Waals surface area (Å²) in [4.78, 5) is 0. The van der Waals surface area contributed by atoms with Crippen molar-refractivity contribution in [3.63, 3.8) is 0 Å². The smallest absolute Gasteiger partial charge is 0.343 e. The van der Waals surface area contributed by atoms with Gasteiger partial charge in [0.05, 0.1) is 0 Å². The Morgan fingerprint density at radius 3 is 1.36 bits per heavy atom. The summed E-state index contributed by atoms with van der Waals surface area (Å²) < 4.78 is 0. The Bertz CT molecular complexity index is 71.3. The summed E-state index contributed by atoms with van der Waals surface area (Å²) in [7, 11) is 0. The largest absolute Gasteiger partial charge is 1.00 e. The number of rotatable bonds is 10. The average molecular weight is 284 g/mol. The van der Waals surface area contributed by atoms with Gasteiger partial charge in [0.1, 0.15) is 0 Å². The second-order valence-electron chi connectivity index (χ2n) is 4.04. The Kier molecular flexibility index (Phi) is 19.5. The van der Waals surface area contributed by atoms with Crippen LogP contribution in [-0.4, -0.2) is 0 Å². The van der Waals surface area contributed by atoms with Crippen molar-refractivity contribution in [2.75, 3.05) is 0 Å². The van der Waals surface area contributed by atoms with E-state index in [1.807, 2.05) is 0 Å². The Morgan fingerprint density at radius 2 is 1.00 bits per heavy atom. The van der Waals surface area contributed by atoms with Crippen molar-refractivity contribution in [2.45, 2.75) is 77.6 Å². The van der Waals surface area contributed by atoms with Crippen LogP contribution in [0.25, 0.3) is 0 Å². The maximum absolute atomic E-state index is 3.85. The van der Waals surface area contributed by atoms with Crippen molar-refractivity contribution in [1.82, 2.24) is 0 Å². The zero-order chi connectivity index (χ0) is 9.78. The Morgan fingerprint density at radius 1 is 0.643 bits per heavy atom. The molecule has 0 aromatic rings. The molecule has 0 aromatic heterocycles. The number of hydrogen-bond donors (Lipinski definition) is 0. The third kappa shape index (κ3) is 15.1. The van der Waals surface area contributed by atoms with Gasteiger partial charge in [0.15, 0.2) is 0 Å². The molecule has 1 heteroatoms. The van der Waals surface area contributed by atoms with Gasteiger partial charge in [0.25, 0.3) is 0 Å². The van der Waals surface area contributed by atoms with E-state index in [2.05, 4.69) is 13.8 Å². The van der Waals surface area contributed by atoms with Crippen molar-refractivity contribution in [3.8, 4) is 0 Å². The van der Waals surface area contributed by atoms with Crippen molar-refractivity contribution in [3.05, 3.63) is 6.92 Å². The zero-order valence-corrected chi connectivity index (χ0v) is 11.6. The maximum atomic E-state index is 3.85. The molecule has 0 aliphatic rings. The van der Waals surface area contributed by atoms with Gasteiger partial charge in [-0.1, -0.05) is 71.1 Å². The van der Waals surface area contributed by atoms with E-state index in [4.69, 9.17) is 0 Å². The molecule has 0 rings (SSSR count). The van der Waals surface area contributed by atoms with Crippen LogP contribution in [0.4, 0.5) is 0 Å². The molecule has 0 aliphatic heterocycles. The topological polar surface area (TPSA) is 0 Å². The van der Waals surface area contributed by atoms with Crippen LogP contribution >= 0.6 is 0 Å². The first-order chi connectivity index (χ1) is 6.41. The molecule has 1 radical (unpaired) electrons. The van der Waals surface area contributed by atoms with Crippen LogP contribution in [0, 0.1) is 6.92 Å². The first-order valence-corrected chi connectivity index (χ1v) is 6.21. The zero-order valence-electron chi connectivity index (χ0n) is 9.84. The third-order valence-corrected chi connectivity index (χ3v) is 2.60. The average Bonchev–Trinajstić information content (AvgIpc) is 2.16. The van der Waals surface area contributed by atoms with E-state index < -0.39 is 0 Å². The van der Waals surface area contributed by atoms with Gasteiger partial charge >= 0.3 is 19.5 Å². The minimum Gasteiger partial charge on any atom is -0.343 e. The number of hydrogen-bond acceptors (Lipinski definition) is 0. The molecule has 87 valence electrons. The van der Waals surface area contributed by atoms with Crippen LogP contribution in [0.15, 0.2) is 0 Å². The fraction of sp³-hybridized carbons (Fsp3) is 0.923. The van der Waals surface area contributed by atoms with E-state index in [1.54, 1.807) is 0 Å². The quantitative estimate of drug-likeness (QED) is 0.296. The molecule has 0 aliphatic carbocycles. The van der Waals surface area contributed by atoms with Crippen molar-refractivity contribution >= 4 is 0 Å². The van der Waals surface area contributed by atoms with Crippen LogP contribution in [-0.2, 0) is 19.5 Å². The van der Waals surface area contributed by atoms with Gasteiger partial charge in [-0.2, -0.15) is 6.42 Å². The van der Waals surface area contributed by atoms with Crippen LogP contribution in [0.2, 0.25) is 0 Å². The van der Waals surface area contributed by atoms with Crippen LogP contribution in [0.5, 0.6) is 0 Å². The molecule has 14 heavy (non-hydrogen) atoms. The summed E-state index contributed by atoms with van der Waals surface area (Å²) in [5.74, 6) is 0. The monoisotopic (exact) mass is 285 g/mol. The van der Waals surface area contributed by atoms with E-state index in [0.29, 0.717) is 0 Å². The first-order valence-electron chi connectivity index (χ1n) is 6.21. The minimum absolute atomic E-state index is 0. The van der Waals surface area contributed by atoms with Gasteiger partial charge in [-0.05, 0) is 0 Å². The van der Waals surface area contributed by atoms with Crippen molar-refractivity contribution in [1.29, 1.82) is 0 Å². The molecule has 0 unspecified atom stereocenters. The molecule has 0 fully saturated rings. The standard InChI is InChI=1S/C13H27.Ru/c1-3-5-7-9-11-13-12-10-8-6-4-2;/h1,3-13H2,2H3;/q-1;+1. The van der Waals surface area contributed by atoms with Crippen LogP contribution in [0.1, 0.15) is 77.6 Å². The summed E-state index contributed by atoms with van der Waals surface area (Å²) in [6, 6.07) is 0. The second kappa shape index (κ2) is 16.1. The fourth-order valence-electron chi connectivity index (χ4n) is 1.66.